The number of carbonyl (C=O) groups excluding carboxylic acids is 2. The minimum atomic E-state index is -4.15. The summed E-state index contributed by atoms with van der Waals surface area (Å²) in [5.41, 5.74) is 1.18. The van der Waals surface area contributed by atoms with Crippen molar-refractivity contribution in [1.82, 2.24) is 5.32 Å². The lowest BCUT2D eigenvalue weighted by atomic mass is 10.1. The fourth-order valence-corrected chi connectivity index (χ4v) is 3.82. The van der Waals surface area contributed by atoms with Gasteiger partial charge in [0.15, 0.2) is 11.6 Å². The van der Waals surface area contributed by atoms with Crippen LogP contribution in [0.3, 0.4) is 0 Å². The fraction of sp³-hybridized carbons (Fsp3) is 0.0909. The van der Waals surface area contributed by atoms with Crippen LogP contribution in [0.15, 0.2) is 71.6 Å². The third-order valence-electron chi connectivity index (χ3n) is 4.32. The number of hydrogen-bond acceptors (Lipinski definition) is 4. The highest BCUT2D eigenvalue weighted by molar-refractivity contribution is 7.92. The van der Waals surface area contributed by atoms with E-state index in [1.165, 1.54) is 30.3 Å². The van der Waals surface area contributed by atoms with Crippen LogP contribution in [0.25, 0.3) is 0 Å². The first-order valence-electron chi connectivity index (χ1n) is 9.47. The SMILES string of the molecule is CCNC(=O)c1cccc(NC(=O)c2ccc(NS(=O)(=O)c3ccc(F)c(F)c3)cc2)c1. The van der Waals surface area contributed by atoms with Crippen LogP contribution in [0.2, 0.25) is 0 Å². The normalized spacial score (nSPS) is 11.0. The maximum atomic E-state index is 13.3. The van der Waals surface area contributed by atoms with E-state index < -0.39 is 32.5 Å². The van der Waals surface area contributed by atoms with Gasteiger partial charge in [-0.2, -0.15) is 0 Å². The van der Waals surface area contributed by atoms with E-state index >= 15 is 0 Å². The summed E-state index contributed by atoms with van der Waals surface area (Å²) in [5.74, 6) is -3.17. The van der Waals surface area contributed by atoms with E-state index in [2.05, 4.69) is 15.4 Å². The number of sulfonamides is 1. The van der Waals surface area contributed by atoms with Crippen LogP contribution >= 0.6 is 0 Å². The maximum Gasteiger partial charge on any atom is 0.261 e. The molecular formula is C22H19F2N3O4S. The molecule has 0 aliphatic carbocycles. The summed E-state index contributed by atoms with van der Waals surface area (Å²) in [4.78, 5) is 24.0. The largest absolute Gasteiger partial charge is 0.352 e. The fourth-order valence-electron chi connectivity index (χ4n) is 2.75. The van der Waals surface area contributed by atoms with Gasteiger partial charge in [-0.15, -0.1) is 0 Å². The van der Waals surface area contributed by atoms with Crippen LogP contribution in [-0.4, -0.2) is 26.8 Å². The van der Waals surface area contributed by atoms with Gasteiger partial charge in [-0.05, 0) is 67.6 Å². The molecule has 3 aromatic rings. The summed E-state index contributed by atoms with van der Waals surface area (Å²) in [6, 6.07) is 14.2. The summed E-state index contributed by atoms with van der Waals surface area (Å²) < 4.78 is 53.3. The maximum absolute atomic E-state index is 13.3. The first-order chi connectivity index (χ1) is 15.2. The van der Waals surface area contributed by atoms with Gasteiger partial charge in [-0.1, -0.05) is 6.07 Å². The van der Waals surface area contributed by atoms with Gasteiger partial charge >= 0.3 is 0 Å². The molecule has 0 saturated carbocycles. The van der Waals surface area contributed by atoms with E-state index in [-0.39, 0.29) is 17.2 Å². The molecule has 0 aliphatic heterocycles. The number of nitrogens with one attached hydrogen (secondary N) is 3. The summed E-state index contributed by atoms with van der Waals surface area (Å²) in [7, 11) is -4.15. The van der Waals surface area contributed by atoms with E-state index in [0.29, 0.717) is 23.9 Å². The number of anilines is 2. The van der Waals surface area contributed by atoms with Crippen LogP contribution in [0.5, 0.6) is 0 Å². The minimum Gasteiger partial charge on any atom is -0.352 e. The Kier molecular flexibility index (Phi) is 6.84. The van der Waals surface area contributed by atoms with E-state index in [1.807, 2.05) is 0 Å². The summed E-state index contributed by atoms with van der Waals surface area (Å²) >= 11 is 0. The Bertz CT molecular complexity index is 1260. The van der Waals surface area contributed by atoms with Gasteiger partial charge < -0.3 is 10.6 Å². The molecule has 166 valence electrons. The molecule has 7 nitrogen and oxygen atoms in total. The Morgan fingerprint density at radius 3 is 2.19 bits per heavy atom. The van der Waals surface area contributed by atoms with Crippen LogP contribution < -0.4 is 15.4 Å². The van der Waals surface area contributed by atoms with Crippen molar-refractivity contribution in [3.63, 3.8) is 0 Å². The lowest BCUT2D eigenvalue weighted by Gasteiger charge is -2.10. The second-order valence-corrected chi connectivity index (χ2v) is 8.34. The van der Waals surface area contributed by atoms with Gasteiger partial charge in [0.05, 0.1) is 4.90 Å². The van der Waals surface area contributed by atoms with E-state index in [0.717, 1.165) is 12.1 Å². The van der Waals surface area contributed by atoms with Crippen molar-refractivity contribution >= 4 is 33.2 Å². The van der Waals surface area contributed by atoms with Gasteiger partial charge in [0.1, 0.15) is 0 Å². The number of halogens is 2. The monoisotopic (exact) mass is 459 g/mol. The number of carbonyl (C=O) groups is 2. The van der Waals surface area contributed by atoms with E-state index in [9.17, 15) is 26.8 Å². The zero-order valence-corrected chi connectivity index (χ0v) is 17.7. The lowest BCUT2D eigenvalue weighted by Crippen LogP contribution is -2.22. The smallest absolute Gasteiger partial charge is 0.261 e. The Balaban J connectivity index is 1.70. The topological polar surface area (TPSA) is 104 Å². The quantitative estimate of drug-likeness (QED) is 0.500. The molecule has 0 radical (unpaired) electrons. The molecule has 32 heavy (non-hydrogen) atoms. The molecule has 3 rings (SSSR count). The second kappa shape index (κ2) is 9.56. The predicted octanol–water partition coefficient (Wildman–Crippen LogP) is 3.77. The van der Waals surface area contributed by atoms with E-state index in [1.54, 1.807) is 25.1 Å². The second-order valence-electron chi connectivity index (χ2n) is 6.65. The Morgan fingerprint density at radius 1 is 0.812 bits per heavy atom. The van der Waals surface area contributed by atoms with Crippen molar-refractivity contribution in [2.24, 2.45) is 0 Å². The van der Waals surface area contributed by atoms with Crippen LogP contribution in [-0.2, 0) is 10.0 Å². The molecule has 0 aromatic heterocycles. The molecule has 0 bridgehead atoms. The summed E-state index contributed by atoms with van der Waals surface area (Å²) in [6.45, 7) is 2.27. The molecule has 0 atom stereocenters. The first-order valence-corrected chi connectivity index (χ1v) is 11.0. The molecule has 0 unspecified atom stereocenters. The minimum absolute atomic E-state index is 0.129. The average molecular weight is 459 g/mol. The van der Waals surface area contributed by atoms with Crippen molar-refractivity contribution in [1.29, 1.82) is 0 Å². The molecule has 10 heteroatoms. The third kappa shape index (κ3) is 5.46. The highest BCUT2D eigenvalue weighted by atomic mass is 32.2. The molecule has 0 aliphatic rings. The number of rotatable bonds is 7. The molecule has 0 spiro atoms. The van der Waals surface area contributed by atoms with Crippen molar-refractivity contribution in [2.45, 2.75) is 11.8 Å². The van der Waals surface area contributed by atoms with Crippen molar-refractivity contribution < 1.29 is 26.8 Å². The molecule has 0 fully saturated rings. The molecular weight excluding hydrogens is 440 g/mol. The Morgan fingerprint density at radius 2 is 1.53 bits per heavy atom. The van der Waals surface area contributed by atoms with Crippen LogP contribution in [0, 0.1) is 11.6 Å². The highest BCUT2D eigenvalue weighted by Crippen LogP contribution is 2.19. The van der Waals surface area contributed by atoms with Gasteiger partial charge in [0.2, 0.25) is 0 Å². The van der Waals surface area contributed by atoms with Crippen LogP contribution in [0.4, 0.5) is 20.2 Å². The van der Waals surface area contributed by atoms with Gasteiger partial charge in [-0.25, -0.2) is 17.2 Å². The molecule has 3 aromatic carbocycles. The predicted molar refractivity (Wildman–Crippen MR) is 116 cm³/mol. The van der Waals surface area contributed by atoms with Crippen molar-refractivity contribution in [3.8, 4) is 0 Å². The van der Waals surface area contributed by atoms with Gasteiger partial charge in [0, 0.05) is 29.0 Å². The third-order valence-corrected chi connectivity index (χ3v) is 5.70. The zero-order valence-electron chi connectivity index (χ0n) is 16.9. The molecule has 0 heterocycles. The summed E-state index contributed by atoms with van der Waals surface area (Å²) in [6.07, 6.45) is 0. The standard InChI is InChI=1S/C22H19F2N3O4S/c1-2-25-21(28)15-4-3-5-17(12-15)26-22(29)14-6-8-16(9-7-14)27-32(30,31)18-10-11-19(23)20(24)13-18/h3-13,27H,2H2,1H3,(H,25,28)(H,26,29). The number of amides is 2. The molecule has 3 N–H and O–H groups in total. The van der Waals surface area contributed by atoms with E-state index in [4.69, 9.17) is 0 Å². The van der Waals surface area contributed by atoms with Crippen molar-refractivity contribution in [3.05, 3.63) is 89.5 Å². The van der Waals surface area contributed by atoms with Gasteiger partial charge in [-0.3, -0.25) is 14.3 Å². The lowest BCUT2D eigenvalue weighted by molar-refractivity contribution is 0.0954. The first kappa shape index (κ1) is 22.9. The number of hydrogen-bond donors (Lipinski definition) is 3. The number of benzene rings is 3. The average Bonchev–Trinajstić information content (AvgIpc) is 2.76. The molecule has 0 saturated heterocycles. The van der Waals surface area contributed by atoms with Crippen LogP contribution in [0.1, 0.15) is 27.6 Å². The summed E-state index contributed by atoms with van der Waals surface area (Å²) in [5, 5.41) is 5.34. The van der Waals surface area contributed by atoms with Gasteiger partial charge in [0.25, 0.3) is 21.8 Å². The Hall–Kier alpha value is -3.79. The Labute approximate surface area is 183 Å². The van der Waals surface area contributed by atoms with Crippen molar-refractivity contribution in [2.75, 3.05) is 16.6 Å². The highest BCUT2D eigenvalue weighted by Gasteiger charge is 2.17. The molecule has 2 amide bonds. The zero-order chi connectivity index (χ0) is 23.3.